The van der Waals surface area contributed by atoms with E-state index in [1.807, 2.05) is 37.3 Å². The molecule has 2 aromatic rings. The highest BCUT2D eigenvalue weighted by molar-refractivity contribution is 5.57. The third-order valence-electron chi connectivity index (χ3n) is 3.13. The molecule has 0 saturated heterocycles. The number of nitrogens with one attached hydrogen (secondary N) is 2. The lowest BCUT2D eigenvalue weighted by molar-refractivity contribution is -0.384. The topological polar surface area (TPSA) is 93.0 Å². The molecule has 0 aliphatic rings. The van der Waals surface area contributed by atoms with Crippen LogP contribution in [0.4, 0.5) is 17.5 Å². The molecule has 1 unspecified atom stereocenters. The van der Waals surface area contributed by atoms with Crippen LogP contribution in [-0.2, 0) is 0 Å². The van der Waals surface area contributed by atoms with Gasteiger partial charge in [-0.3, -0.25) is 10.1 Å². The molecule has 7 nitrogen and oxygen atoms in total. The molecule has 0 spiro atoms. The Labute approximate surface area is 122 Å². The zero-order valence-corrected chi connectivity index (χ0v) is 11.9. The molecule has 110 valence electrons. The molecule has 1 atom stereocenters. The quantitative estimate of drug-likeness (QED) is 0.626. The van der Waals surface area contributed by atoms with Crippen LogP contribution in [0.1, 0.15) is 18.4 Å². The highest BCUT2D eigenvalue weighted by Crippen LogP contribution is 2.23. The lowest BCUT2D eigenvalue weighted by Crippen LogP contribution is -2.13. The lowest BCUT2D eigenvalue weighted by Gasteiger charge is -2.13. The van der Waals surface area contributed by atoms with Crippen LogP contribution in [0, 0.1) is 10.1 Å². The van der Waals surface area contributed by atoms with Crippen molar-refractivity contribution in [3.63, 3.8) is 0 Å². The third kappa shape index (κ3) is 3.65. The minimum absolute atomic E-state index is 0.130. The first-order valence-corrected chi connectivity index (χ1v) is 6.59. The van der Waals surface area contributed by atoms with E-state index < -0.39 is 4.92 Å². The average molecular weight is 287 g/mol. The van der Waals surface area contributed by atoms with E-state index in [4.69, 9.17) is 0 Å². The first-order valence-electron chi connectivity index (χ1n) is 6.59. The van der Waals surface area contributed by atoms with Crippen molar-refractivity contribution in [2.75, 3.05) is 24.2 Å². The van der Waals surface area contributed by atoms with Crippen LogP contribution in [-0.4, -0.2) is 28.5 Å². The van der Waals surface area contributed by atoms with Gasteiger partial charge >= 0.3 is 5.69 Å². The Hall–Kier alpha value is -2.70. The Morgan fingerprint density at radius 3 is 2.67 bits per heavy atom. The van der Waals surface area contributed by atoms with Crippen molar-refractivity contribution in [2.45, 2.75) is 12.8 Å². The largest absolute Gasteiger partial charge is 0.364 e. The summed E-state index contributed by atoms with van der Waals surface area (Å²) in [7, 11) is 1.66. The van der Waals surface area contributed by atoms with Crippen molar-refractivity contribution in [3.8, 4) is 0 Å². The SMILES string of the molecule is CNc1ncc([N+](=O)[O-])c(NCC(C)c2ccccc2)n1. The van der Waals surface area contributed by atoms with Gasteiger partial charge in [-0.15, -0.1) is 0 Å². The molecule has 0 amide bonds. The molecule has 2 N–H and O–H groups in total. The Morgan fingerprint density at radius 2 is 2.05 bits per heavy atom. The molecule has 7 heteroatoms. The van der Waals surface area contributed by atoms with Crippen LogP contribution in [0.25, 0.3) is 0 Å². The van der Waals surface area contributed by atoms with Crippen LogP contribution < -0.4 is 10.6 Å². The van der Waals surface area contributed by atoms with Gasteiger partial charge in [0.05, 0.1) is 4.92 Å². The predicted molar refractivity (Wildman–Crippen MR) is 81.6 cm³/mol. The van der Waals surface area contributed by atoms with Crippen LogP contribution >= 0.6 is 0 Å². The van der Waals surface area contributed by atoms with Gasteiger partial charge in [0.25, 0.3) is 0 Å². The molecule has 1 aromatic heterocycles. The standard InChI is InChI=1S/C14H17N5O2/c1-10(11-6-4-3-5-7-11)8-16-13-12(19(20)21)9-17-14(15-2)18-13/h3-7,9-10H,8H2,1-2H3,(H2,15,16,17,18). The van der Waals surface area contributed by atoms with Crippen LogP contribution in [0.5, 0.6) is 0 Å². The number of hydrogen-bond acceptors (Lipinski definition) is 6. The molecule has 1 aromatic carbocycles. The Morgan fingerprint density at radius 1 is 1.33 bits per heavy atom. The summed E-state index contributed by atoms with van der Waals surface area (Å²) in [6.45, 7) is 2.60. The minimum atomic E-state index is -0.491. The molecule has 0 fully saturated rings. The number of nitro groups is 1. The first-order chi connectivity index (χ1) is 10.1. The Bertz CT molecular complexity index is 618. The highest BCUT2D eigenvalue weighted by Gasteiger charge is 2.17. The normalized spacial score (nSPS) is 11.7. The van der Waals surface area contributed by atoms with Crippen molar-refractivity contribution in [2.24, 2.45) is 0 Å². The predicted octanol–water partition coefficient (Wildman–Crippen LogP) is 2.64. The summed E-state index contributed by atoms with van der Waals surface area (Å²) in [5.74, 6) is 0.774. The highest BCUT2D eigenvalue weighted by atomic mass is 16.6. The molecular formula is C14H17N5O2. The summed E-state index contributed by atoms with van der Waals surface area (Å²) in [6.07, 6.45) is 1.20. The summed E-state index contributed by atoms with van der Waals surface area (Å²) in [6, 6.07) is 9.95. The maximum absolute atomic E-state index is 11.0. The maximum atomic E-state index is 11.0. The fourth-order valence-electron chi connectivity index (χ4n) is 1.91. The zero-order chi connectivity index (χ0) is 15.2. The summed E-state index contributed by atoms with van der Waals surface area (Å²) in [5, 5.41) is 16.8. The van der Waals surface area contributed by atoms with Crippen LogP contribution in [0.2, 0.25) is 0 Å². The number of nitrogens with zero attached hydrogens (tertiary/aromatic N) is 3. The van der Waals surface area contributed by atoms with E-state index in [-0.39, 0.29) is 17.4 Å². The second-order valence-corrected chi connectivity index (χ2v) is 4.63. The first kappa shape index (κ1) is 14.7. The van der Waals surface area contributed by atoms with E-state index >= 15 is 0 Å². The zero-order valence-electron chi connectivity index (χ0n) is 11.9. The Balaban J connectivity index is 2.13. The second-order valence-electron chi connectivity index (χ2n) is 4.63. The smallest absolute Gasteiger partial charge is 0.329 e. The number of benzene rings is 1. The van der Waals surface area contributed by atoms with Gasteiger partial charge in [-0.2, -0.15) is 4.98 Å². The van der Waals surface area contributed by atoms with E-state index in [0.29, 0.717) is 12.5 Å². The molecule has 0 bridgehead atoms. The fraction of sp³-hybridized carbons (Fsp3) is 0.286. The van der Waals surface area contributed by atoms with Gasteiger partial charge in [0.15, 0.2) is 0 Å². The van der Waals surface area contributed by atoms with E-state index in [1.165, 1.54) is 6.20 Å². The molecular weight excluding hydrogens is 270 g/mol. The molecule has 2 rings (SSSR count). The molecule has 0 saturated carbocycles. The van der Waals surface area contributed by atoms with Gasteiger partial charge in [-0.25, -0.2) is 4.98 Å². The minimum Gasteiger partial charge on any atom is -0.364 e. The van der Waals surface area contributed by atoms with Gasteiger partial charge < -0.3 is 10.6 Å². The lowest BCUT2D eigenvalue weighted by atomic mass is 10.0. The average Bonchev–Trinajstić information content (AvgIpc) is 2.52. The Kier molecular flexibility index (Phi) is 4.65. The molecule has 0 aliphatic carbocycles. The van der Waals surface area contributed by atoms with Gasteiger partial charge in [0.1, 0.15) is 6.20 Å². The van der Waals surface area contributed by atoms with Crippen molar-refractivity contribution in [1.82, 2.24) is 9.97 Å². The van der Waals surface area contributed by atoms with Crippen molar-refractivity contribution in [3.05, 3.63) is 52.2 Å². The van der Waals surface area contributed by atoms with E-state index in [2.05, 4.69) is 20.6 Å². The van der Waals surface area contributed by atoms with Gasteiger partial charge in [-0.1, -0.05) is 37.3 Å². The number of rotatable bonds is 6. The number of hydrogen-bond donors (Lipinski definition) is 2. The van der Waals surface area contributed by atoms with E-state index in [9.17, 15) is 10.1 Å². The monoisotopic (exact) mass is 287 g/mol. The molecule has 0 radical (unpaired) electrons. The van der Waals surface area contributed by atoms with Crippen molar-refractivity contribution >= 4 is 17.5 Å². The van der Waals surface area contributed by atoms with Crippen molar-refractivity contribution < 1.29 is 4.92 Å². The number of aromatic nitrogens is 2. The maximum Gasteiger partial charge on any atom is 0.329 e. The molecule has 21 heavy (non-hydrogen) atoms. The van der Waals surface area contributed by atoms with Gasteiger partial charge in [0.2, 0.25) is 11.8 Å². The number of anilines is 2. The van der Waals surface area contributed by atoms with Gasteiger partial charge in [0, 0.05) is 13.6 Å². The van der Waals surface area contributed by atoms with Crippen molar-refractivity contribution in [1.29, 1.82) is 0 Å². The summed E-state index contributed by atoms with van der Waals surface area (Å²) in [4.78, 5) is 18.5. The van der Waals surface area contributed by atoms with E-state index in [0.717, 1.165) is 5.56 Å². The van der Waals surface area contributed by atoms with Crippen LogP contribution in [0.15, 0.2) is 36.5 Å². The summed E-state index contributed by atoms with van der Waals surface area (Å²) >= 11 is 0. The second kappa shape index (κ2) is 6.65. The summed E-state index contributed by atoms with van der Waals surface area (Å²) < 4.78 is 0. The van der Waals surface area contributed by atoms with E-state index in [1.54, 1.807) is 7.05 Å². The molecule has 0 aliphatic heterocycles. The van der Waals surface area contributed by atoms with Crippen LogP contribution in [0.3, 0.4) is 0 Å². The third-order valence-corrected chi connectivity index (χ3v) is 3.13. The fourth-order valence-corrected chi connectivity index (χ4v) is 1.91. The van der Waals surface area contributed by atoms with Gasteiger partial charge in [-0.05, 0) is 11.5 Å². The summed E-state index contributed by atoms with van der Waals surface area (Å²) in [5.41, 5.74) is 1.03. The molecule has 1 heterocycles.